The smallest absolute Gasteiger partial charge is 0.275 e. The van der Waals surface area contributed by atoms with Gasteiger partial charge in [-0.15, -0.1) is 0 Å². The summed E-state index contributed by atoms with van der Waals surface area (Å²) >= 11 is 6.89. The van der Waals surface area contributed by atoms with E-state index in [1.54, 1.807) is 21.2 Å². The summed E-state index contributed by atoms with van der Waals surface area (Å²) in [7, 11) is 5.21. The molecule has 3 unspecified atom stereocenters. The van der Waals surface area contributed by atoms with Crippen LogP contribution in [0.1, 0.15) is 82.7 Å². The second-order valence-corrected chi connectivity index (χ2v) is 15.2. The number of halogens is 1. The topological polar surface area (TPSA) is 135 Å². The first-order valence-corrected chi connectivity index (χ1v) is 18.1. The monoisotopic (exact) mass is 700 g/mol. The van der Waals surface area contributed by atoms with Gasteiger partial charge in [-0.05, 0) is 63.1 Å². The number of nitriles is 1. The van der Waals surface area contributed by atoms with E-state index in [-0.39, 0.29) is 23.2 Å². The number of nitrogens with two attached hydrogens (primary N) is 1. The van der Waals surface area contributed by atoms with E-state index in [0.717, 1.165) is 98.3 Å². The molecule has 2 aromatic heterocycles. The van der Waals surface area contributed by atoms with Crippen LogP contribution < -0.4 is 15.4 Å². The molecular formula is C37H45ClN8O4. The van der Waals surface area contributed by atoms with Crippen LogP contribution in [-0.4, -0.2) is 89.6 Å². The van der Waals surface area contributed by atoms with Crippen LogP contribution in [0.5, 0.6) is 5.88 Å². The number of pyridine rings is 1. The Morgan fingerprint density at radius 3 is 2.88 bits per heavy atom. The maximum absolute atomic E-state index is 12.9. The van der Waals surface area contributed by atoms with Crippen molar-refractivity contribution in [1.82, 2.24) is 24.6 Å². The summed E-state index contributed by atoms with van der Waals surface area (Å²) in [6.45, 7) is 4.71. The SMILES string of the molecule is COC1CN2CCCC2(COc2cc(N3CCCn4nc(C(=O)N(C)C)c(Cl)c4C3)c3c(n2)CC2(CCCc4ccc(N)c(C#N)c42)OC3)C1. The third-order valence-electron chi connectivity index (χ3n) is 11.7. The number of carbonyl (C=O) groups excluding carboxylic acids is 1. The summed E-state index contributed by atoms with van der Waals surface area (Å²) < 4.78 is 21.3. The number of aromatic nitrogens is 3. The number of rotatable bonds is 6. The second kappa shape index (κ2) is 12.7. The van der Waals surface area contributed by atoms with Crippen molar-refractivity contribution in [3.05, 3.63) is 62.6 Å². The average molecular weight is 701 g/mol. The molecule has 3 atom stereocenters. The lowest BCUT2D eigenvalue weighted by molar-refractivity contribution is -0.0855. The number of benzene rings is 1. The Bertz CT molecular complexity index is 1890. The first-order chi connectivity index (χ1) is 24.1. The molecule has 50 heavy (non-hydrogen) atoms. The number of hydrogen-bond acceptors (Lipinski definition) is 10. The lowest BCUT2D eigenvalue weighted by Crippen LogP contribution is -2.43. The molecule has 8 rings (SSSR count). The molecular weight excluding hydrogens is 656 g/mol. The molecule has 1 aliphatic carbocycles. The molecule has 2 fully saturated rings. The minimum absolute atomic E-state index is 0.0672. The van der Waals surface area contributed by atoms with Crippen molar-refractivity contribution >= 4 is 28.9 Å². The minimum atomic E-state index is -0.704. The zero-order chi connectivity index (χ0) is 34.8. The number of fused-ring (bicyclic) bond motifs is 5. The lowest BCUT2D eigenvalue weighted by atomic mass is 9.72. The molecule has 0 saturated carbocycles. The summed E-state index contributed by atoms with van der Waals surface area (Å²) in [5, 5.41) is 15.3. The van der Waals surface area contributed by atoms with Gasteiger partial charge in [0, 0.05) is 75.8 Å². The van der Waals surface area contributed by atoms with Crippen molar-refractivity contribution in [3.63, 3.8) is 0 Å². The normalized spacial score (nSPS) is 25.7. The molecule has 0 radical (unpaired) electrons. The highest BCUT2D eigenvalue weighted by Gasteiger charge is 2.50. The molecule has 2 saturated heterocycles. The Kier molecular flexibility index (Phi) is 8.45. The van der Waals surface area contributed by atoms with E-state index in [2.05, 4.69) is 27.0 Å². The highest BCUT2D eigenvalue weighted by Crippen LogP contribution is 2.49. The Labute approximate surface area is 298 Å². The number of hydrogen-bond donors (Lipinski definition) is 1. The van der Waals surface area contributed by atoms with Crippen LogP contribution in [0.2, 0.25) is 5.02 Å². The molecule has 0 bridgehead atoms. The van der Waals surface area contributed by atoms with Gasteiger partial charge in [-0.3, -0.25) is 14.4 Å². The summed E-state index contributed by atoms with van der Waals surface area (Å²) in [5.41, 5.74) is 12.6. The van der Waals surface area contributed by atoms with Crippen LogP contribution in [-0.2, 0) is 47.6 Å². The number of amides is 1. The van der Waals surface area contributed by atoms with E-state index in [1.165, 1.54) is 4.90 Å². The molecule has 4 aliphatic heterocycles. The predicted molar refractivity (Wildman–Crippen MR) is 188 cm³/mol. The van der Waals surface area contributed by atoms with E-state index in [9.17, 15) is 10.1 Å². The van der Waals surface area contributed by atoms with Crippen LogP contribution in [0, 0.1) is 11.3 Å². The lowest BCUT2D eigenvalue weighted by Gasteiger charge is -2.43. The number of nitrogens with zero attached hydrogens (tertiary/aromatic N) is 7. The molecule has 264 valence electrons. The standard InChI is InChI=1S/C37H45ClN8O4/c1-43(2)35(47)34-33(38)30-20-44(12-6-14-46(30)42-34)29-15-31(49-22-36-10-5-13-45(36)19-24(16-36)48-3)41-28-17-37(50-21-26(28)29)11-4-7-23-8-9-27(40)25(18-39)32(23)37/h8-9,15,24H,4-7,10-14,16-17,19-22,40H2,1-3H3. The molecule has 6 heterocycles. The van der Waals surface area contributed by atoms with Crippen molar-refractivity contribution in [1.29, 1.82) is 5.26 Å². The third kappa shape index (κ3) is 5.41. The van der Waals surface area contributed by atoms with Crippen molar-refractivity contribution < 1.29 is 19.0 Å². The quantitative estimate of drug-likeness (QED) is 0.368. The largest absolute Gasteiger partial charge is 0.476 e. The number of methoxy groups -OCH3 is 1. The van der Waals surface area contributed by atoms with Gasteiger partial charge in [0.2, 0.25) is 5.88 Å². The second-order valence-electron chi connectivity index (χ2n) is 14.8. The zero-order valence-electron chi connectivity index (χ0n) is 29.1. The Morgan fingerprint density at radius 2 is 2.08 bits per heavy atom. The average Bonchev–Trinajstić information content (AvgIpc) is 3.70. The van der Waals surface area contributed by atoms with Crippen molar-refractivity contribution in [2.24, 2.45) is 0 Å². The molecule has 1 aromatic carbocycles. The van der Waals surface area contributed by atoms with Crippen LogP contribution >= 0.6 is 11.6 Å². The highest BCUT2D eigenvalue weighted by atomic mass is 35.5. The summed E-state index contributed by atoms with van der Waals surface area (Å²) in [5.74, 6) is 0.361. The molecule has 1 spiro atoms. The van der Waals surface area contributed by atoms with Gasteiger partial charge in [0.1, 0.15) is 18.3 Å². The van der Waals surface area contributed by atoms with E-state index in [4.69, 9.17) is 36.5 Å². The minimum Gasteiger partial charge on any atom is -0.476 e. The Balaban J connectivity index is 1.19. The molecule has 3 aromatic rings. The molecule has 5 aliphatic rings. The van der Waals surface area contributed by atoms with E-state index in [0.29, 0.717) is 54.9 Å². The van der Waals surface area contributed by atoms with Gasteiger partial charge in [0.15, 0.2) is 5.69 Å². The number of aryl methyl sites for hydroxylation is 2. The van der Waals surface area contributed by atoms with E-state index >= 15 is 0 Å². The fraction of sp³-hybridized carbons (Fsp3) is 0.568. The van der Waals surface area contributed by atoms with Gasteiger partial charge >= 0.3 is 0 Å². The van der Waals surface area contributed by atoms with Crippen molar-refractivity contribution in [2.45, 2.75) is 88.3 Å². The van der Waals surface area contributed by atoms with Crippen molar-refractivity contribution in [3.8, 4) is 11.9 Å². The fourth-order valence-corrected chi connectivity index (χ4v) is 9.44. The van der Waals surface area contributed by atoms with Crippen LogP contribution in [0.4, 0.5) is 11.4 Å². The number of ether oxygens (including phenoxy) is 3. The first kappa shape index (κ1) is 33.3. The van der Waals surface area contributed by atoms with Crippen LogP contribution in [0.3, 0.4) is 0 Å². The van der Waals surface area contributed by atoms with Gasteiger partial charge in [0.05, 0.1) is 46.8 Å². The highest BCUT2D eigenvalue weighted by molar-refractivity contribution is 6.34. The molecule has 2 N–H and O–H groups in total. The molecule has 12 nitrogen and oxygen atoms in total. The maximum atomic E-state index is 12.9. The van der Waals surface area contributed by atoms with Crippen molar-refractivity contribution in [2.75, 3.05) is 58.1 Å². The maximum Gasteiger partial charge on any atom is 0.275 e. The van der Waals surface area contributed by atoms with Crippen LogP contribution in [0.15, 0.2) is 18.2 Å². The number of anilines is 2. The predicted octanol–water partition coefficient (Wildman–Crippen LogP) is 4.43. The summed E-state index contributed by atoms with van der Waals surface area (Å²) in [4.78, 5) is 24.5. The van der Waals surface area contributed by atoms with E-state index < -0.39 is 5.60 Å². The Morgan fingerprint density at radius 1 is 1.22 bits per heavy atom. The van der Waals surface area contributed by atoms with Gasteiger partial charge in [-0.1, -0.05) is 17.7 Å². The Hall–Kier alpha value is -3.89. The first-order valence-electron chi connectivity index (χ1n) is 17.8. The van der Waals surface area contributed by atoms with Gasteiger partial charge in [0.25, 0.3) is 5.91 Å². The summed E-state index contributed by atoms with van der Waals surface area (Å²) in [6, 6.07) is 8.33. The third-order valence-corrected chi connectivity index (χ3v) is 12.1. The summed E-state index contributed by atoms with van der Waals surface area (Å²) in [6.07, 6.45) is 7.28. The number of nitrogen functional groups attached to an aromatic ring is 1. The van der Waals surface area contributed by atoms with E-state index in [1.807, 2.05) is 16.8 Å². The zero-order valence-corrected chi connectivity index (χ0v) is 29.9. The molecule has 1 amide bonds. The fourth-order valence-electron chi connectivity index (χ4n) is 9.17. The number of carbonyl (C=O) groups is 1. The van der Waals surface area contributed by atoms with Gasteiger partial charge < -0.3 is 29.7 Å². The molecule has 13 heteroatoms. The van der Waals surface area contributed by atoms with Gasteiger partial charge in [-0.2, -0.15) is 10.4 Å². The van der Waals surface area contributed by atoms with Crippen LogP contribution in [0.25, 0.3) is 0 Å². The van der Waals surface area contributed by atoms with Gasteiger partial charge in [-0.25, -0.2) is 4.98 Å².